The maximum atomic E-state index is 15.6. The van der Waals surface area contributed by atoms with E-state index in [1.807, 2.05) is 152 Å². The highest BCUT2D eigenvalue weighted by molar-refractivity contribution is 6.11. The first-order valence-electron chi connectivity index (χ1n) is 24.4. The van der Waals surface area contributed by atoms with Crippen molar-refractivity contribution >= 4 is 11.9 Å². The normalized spacial score (nSPS) is 21.7. The van der Waals surface area contributed by atoms with E-state index in [0.717, 1.165) is 11.1 Å². The largest absolute Gasteiger partial charge is 0.488 e. The second kappa shape index (κ2) is 24.6. The monoisotopic (exact) mass is 1000 g/mol. The lowest BCUT2D eigenvalue weighted by atomic mass is 9.85. The first-order chi connectivity index (χ1) is 36.1. The summed E-state index contributed by atoms with van der Waals surface area (Å²) in [7, 11) is 0. The Hall–Kier alpha value is -7.37. The molecule has 0 amide bonds. The molecule has 7 aromatic rings. The Labute approximate surface area is 428 Å². The van der Waals surface area contributed by atoms with Gasteiger partial charge < -0.3 is 63.8 Å². The van der Waals surface area contributed by atoms with Crippen molar-refractivity contribution in [1.29, 1.82) is 0 Å². The lowest BCUT2D eigenvalue weighted by Crippen LogP contribution is -2.50. The molecule has 2 aliphatic rings. The van der Waals surface area contributed by atoms with Crippen LogP contribution in [0.5, 0.6) is 28.7 Å². The molecule has 2 saturated heterocycles. The van der Waals surface area contributed by atoms with E-state index in [-0.39, 0.29) is 67.0 Å². The predicted octanol–water partition coefficient (Wildman–Crippen LogP) is 7.79. The molecule has 0 unspecified atom stereocenters. The van der Waals surface area contributed by atoms with Gasteiger partial charge in [0.1, 0.15) is 105 Å². The Morgan fingerprint density at radius 3 is 1.18 bits per heavy atom. The molecule has 9 rings (SSSR count). The molecule has 0 aliphatic carbocycles. The topological polar surface area (TPSA) is 203 Å². The highest BCUT2D eigenvalue weighted by atomic mass is 16.5. The molecule has 0 radical (unpaired) electrons. The van der Waals surface area contributed by atoms with Gasteiger partial charge in [0.25, 0.3) is 0 Å². The predicted molar refractivity (Wildman–Crippen MR) is 274 cm³/mol. The molecule has 0 bridgehead atoms. The Morgan fingerprint density at radius 1 is 0.432 bits per heavy atom. The summed E-state index contributed by atoms with van der Waals surface area (Å²) < 4.78 is 45.4. The van der Waals surface area contributed by atoms with Gasteiger partial charge in [-0.1, -0.05) is 164 Å². The third-order valence-corrected chi connectivity index (χ3v) is 12.8. The van der Waals surface area contributed by atoms with Crippen molar-refractivity contribution < 1.29 is 68.6 Å². The minimum atomic E-state index is -1.83. The number of ether oxygens (including phenoxy) is 7. The Kier molecular flexibility index (Phi) is 17.1. The Morgan fingerprint density at radius 2 is 0.784 bits per heavy atom. The Balaban J connectivity index is 1.24. The zero-order chi connectivity index (χ0) is 51.4. The van der Waals surface area contributed by atoms with E-state index in [2.05, 4.69) is 0 Å². The van der Waals surface area contributed by atoms with Crippen LogP contribution < -0.4 is 23.7 Å². The summed E-state index contributed by atoms with van der Waals surface area (Å²) in [6.07, 6.45) is -10.3. The zero-order valence-electron chi connectivity index (χ0n) is 40.3. The molecule has 6 N–H and O–H groups in total. The van der Waals surface area contributed by atoms with Gasteiger partial charge in [0.05, 0.1) is 24.3 Å². The van der Waals surface area contributed by atoms with E-state index in [4.69, 9.17) is 33.2 Å². The lowest BCUT2D eigenvalue weighted by molar-refractivity contribution is -0.192. The molecule has 8 atom stereocenters. The van der Waals surface area contributed by atoms with Crippen molar-refractivity contribution in [1.82, 2.24) is 0 Å². The van der Waals surface area contributed by atoms with Crippen LogP contribution in [-0.4, -0.2) is 86.3 Å². The van der Waals surface area contributed by atoms with Gasteiger partial charge in [0, 0.05) is 0 Å². The molecule has 2 aliphatic heterocycles. The minimum Gasteiger partial charge on any atom is -0.488 e. The van der Waals surface area contributed by atoms with E-state index in [0.29, 0.717) is 33.8 Å². The smallest absolute Gasteiger partial charge is 0.193 e. The van der Waals surface area contributed by atoms with E-state index >= 15 is 4.79 Å². The van der Waals surface area contributed by atoms with E-state index < -0.39 is 67.8 Å². The SMILES string of the molecule is O=C(/C=C/c1ccc(OCc2ccccc2)c(OCc2ccccc2)c1)c1c(OCc2ccccc2)c([C@@H]2OC[C@@H](O)[C@H](O)[C@H]2O)c(OCc2ccccc2)c([C@@H]2OC[C@@H](O)[C@H](O)[C@H]2O)c1OCc1ccccc1. The van der Waals surface area contributed by atoms with Gasteiger partial charge in [-0.25, -0.2) is 0 Å². The number of ketones is 1. The number of rotatable bonds is 20. The van der Waals surface area contributed by atoms with Crippen molar-refractivity contribution in [2.45, 2.75) is 81.9 Å². The van der Waals surface area contributed by atoms with Crippen LogP contribution in [-0.2, 0) is 42.5 Å². The first kappa shape index (κ1) is 51.5. The second-order valence-electron chi connectivity index (χ2n) is 18.1. The van der Waals surface area contributed by atoms with Gasteiger partial charge in [0.2, 0.25) is 0 Å². The summed E-state index contributed by atoms with van der Waals surface area (Å²) in [5, 5.41) is 67.9. The van der Waals surface area contributed by atoms with Crippen LogP contribution in [0.4, 0.5) is 0 Å². The molecule has 7 aromatic carbocycles. The van der Waals surface area contributed by atoms with Crippen LogP contribution in [0.2, 0.25) is 0 Å². The zero-order valence-corrected chi connectivity index (χ0v) is 40.3. The number of carbonyl (C=O) groups is 1. The molecule has 2 heterocycles. The van der Waals surface area contributed by atoms with Crippen LogP contribution in [0.15, 0.2) is 176 Å². The number of carbonyl (C=O) groups excluding carboxylic acids is 1. The fourth-order valence-corrected chi connectivity index (χ4v) is 8.82. The lowest BCUT2D eigenvalue weighted by Gasteiger charge is -2.40. The molecular weight excluding hydrogens is 945 g/mol. The molecule has 2 fully saturated rings. The van der Waals surface area contributed by atoms with Gasteiger partial charge in [-0.15, -0.1) is 0 Å². The third-order valence-electron chi connectivity index (χ3n) is 12.8. The summed E-state index contributed by atoms with van der Waals surface area (Å²) in [6, 6.07) is 52.0. The van der Waals surface area contributed by atoms with Crippen molar-refractivity contribution in [3.8, 4) is 28.7 Å². The van der Waals surface area contributed by atoms with Crippen molar-refractivity contribution in [2.75, 3.05) is 13.2 Å². The fourth-order valence-electron chi connectivity index (χ4n) is 8.82. The third kappa shape index (κ3) is 12.3. The quantitative estimate of drug-likeness (QED) is 0.0319. The summed E-state index contributed by atoms with van der Waals surface area (Å²) in [6.45, 7) is -0.803. The number of hydrogen-bond acceptors (Lipinski definition) is 14. The number of aliphatic hydroxyl groups excluding tert-OH is 6. The maximum Gasteiger partial charge on any atom is 0.193 e. The van der Waals surface area contributed by atoms with Crippen LogP contribution in [0.3, 0.4) is 0 Å². The van der Waals surface area contributed by atoms with Crippen molar-refractivity contribution in [3.63, 3.8) is 0 Å². The van der Waals surface area contributed by atoms with E-state index in [1.165, 1.54) is 6.08 Å². The standard InChI is InChI=1S/C60H58O14/c61-44(28-26-38-27-29-47(68-31-39-16-6-1-7-17-39)48(30-38)69-32-40-18-8-2-9-19-40)49-56(70-33-41-20-10-3-11-21-41)50(59-54(66)52(64)45(62)36-73-59)58(72-35-43-24-14-5-15-25-43)51(60-55(67)53(65)46(63)37-74-60)57(49)71-34-42-22-12-4-13-23-42/h1-30,45-46,52-55,59-60,62-67H,31-37H2/b28-26+/t45-,46-,52+,53+,54-,55-,59+,60+/m1/s1. The molecule has 14 nitrogen and oxygen atoms in total. The molecule has 0 aromatic heterocycles. The molecule has 382 valence electrons. The summed E-state index contributed by atoms with van der Waals surface area (Å²) in [5.41, 5.74) is 4.11. The van der Waals surface area contributed by atoms with Gasteiger partial charge in [-0.05, 0) is 51.6 Å². The van der Waals surface area contributed by atoms with Gasteiger partial charge in [-0.2, -0.15) is 0 Å². The second-order valence-corrected chi connectivity index (χ2v) is 18.1. The highest BCUT2D eigenvalue weighted by Crippen LogP contribution is 2.54. The van der Waals surface area contributed by atoms with Gasteiger partial charge in [0.15, 0.2) is 17.3 Å². The molecule has 74 heavy (non-hydrogen) atoms. The molecule has 0 spiro atoms. The van der Waals surface area contributed by atoms with Crippen LogP contribution >= 0.6 is 0 Å². The average molecular weight is 1000 g/mol. The minimum absolute atomic E-state index is 0.0814. The van der Waals surface area contributed by atoms with Crippen LogP contribution in [0.25, 0.3) is 6.08 Å². The van der Waals surface area contributed by atoms with Gasteiger partial charge in [-0.3, -0.25) is 4.79 Å². The number of aliphatic hydroxyl groups is 6. The Bertz CT molecular complexity index is 2840. The summed E-state index contributed by atoms with van der Waals surface area (Å²) >= 11 is 0. The molecular formula is C60H58O14. The van der Waals surface area contributed by atoms with Crippen LogP contribution in [0.1, 0.15) is 67.1 Å². The van der Waals surface area contributed by atoms with Crippen LogP contribution in [0, 0.1) is 0 Å². The van der Waals surface area contributed by atoms with Crippen molar-refractivity contribution in [3.05, 3.63) is 226 Å². The average Bonchev–Trinajstić information content (AvgIpc) is 3.44. The van der Waals surface area contributed by atoms with E-state index in [1.54, 1.807) is 24.3 Å². The molecule has 0 saturated carbocycles. The van der Waals surface area contributed by atoms with E-state index in [9.17, 15) is 30.6 Å². The number of allylic oxidation sites excluding steroid dienone is 1. The molecule has 14 heteroatoms. The maximum absolute atomic E-state index is 15.6. The number of benzene rings is 7. The number of hydrogen-bond donors (Lipinski definition) is 6. The summed E-state index contributed by atoms with van der Waals surface area (Å²) in [5.74, 6) is -0.287. The summed E-state index contributed by atoms with van der Waals surface area (Å²) in [4.78, 5) is 15.6. The van der Waals surface area contributed by atoms with Gasteiger partial charge >= 0.3 is 0 Å². The first-order valence-corrected chi connectivity index (χ1v) is 24.4. The highest BCUT2D eigenvalue weighted by Gasteiger charge is 2.48. The fraction of sp³-hybridized carbons (Fsp3) is 0.250. The van der Waals surface area contributed by atoms with Crippen molar-refractivity contribution in [2.24, 2.45) is 0 Å².